The van der Waals surface area contributed by atoms with Crippen molar-refractivity contribution in [1.82, 2.24) is 24.4 Å². The Balaban J connectivity index is 1.37. The maximum atomic E-state index is 14.6. The van der Waals surface area contributed by atoms with E-state index in [-0.39, 0.29) is 34.7 Å². The van der Waals surface area contributed by atoms with E-state index in [0.29, 0.717) is 11.3 Å². The van der Waals surface area contributed by atoms with Crippen molar-refractivity contribution in [3.8, 4) is 17.0 Å². The van der Waals surface area contributed by atoms with Crippen LogP contribution in [0.5, 0.6) is 5.75 Å². The fourth-order valence-corrected chi connectivity index (χ4v) is 3.72. The molecule has 1 amide bonds. The van der Waals surface area contributed by atoms with Gasteiger partial charge in [0.1, 0.15) is 5.69 Å². The molecule has 4 aromatic rings. The molecule has 1 fully saturated rings. The smallest absolute Gasteiger partial charge is 0.229 e. The molecule has 0 saturated heterocycles. The second-order valence-electron chi connectivity index (χ2n) is 7.63. The van der Waals surface area contributed by atoms with Crippen molar-refractivity contribution in [1.29, 1.82) is 0 Å². The minimum absolute atomic E-state index is 0.111. The molecule has 2 N–H and O–H groups in total. The average Bonchev–Trinajstić information content (AvgIpc) is 3.32. The molecule has 0 aromatic carbocycles. The minimum atomic E-state index is -0.560. The largest absolute Gasteiger partial charge is 0.504 e. The molecule has 0 spiro atoms. The van der Waals surface area contributed by atoms with Crippen LogP contribution in [0.1, 0.15) is 23.6 Å². The fraction of sp³-hybridized carbons (Fsp3) is 0.238. The third-order valence-electron chi connectivity index (χ3n) is 5.42. The summed E-state index contributed by atoms with van der Waals surface area (Å²) < 4.78 is 17.4. The lowest BCUT2D eigenvalue weighted by Crippen LogP contribution is -2.15. The van der Waals surface area contributed by atoms with Crippen LogP contribution in [0.25, 0.3) is 16.8 Å². The quantitative estimate of drug-likeness (QED) is 0.543. The van der Waals surface area contributed by atoms with Crippen LogP contribution in [0.15, 0.2) is 42.9 Å². The molecule has 4 heterocycles. The minimum Gasteiger partial charge on any atom is -0.504 e. The van der Waals surface area contributed by atoms with Gasteiger partial charge in [0.25, 0.3) is 0 Å². The van der Waals surface area contributed by atoms with Gasteiger partial charge in [-0.2, -0.15) is 5.10 Å². The molecule has 1 aliphatic rings. The molecule has 152 valence electrons. The van der Waals surface area contributed by atoms with Gasteiger partial charge in [-0.3, -0.25) is 14.5 Å². The van der Waals surface area contributed by atoms with E-state index in [0.717, 1.165) is 17.7 Å². The summed E-state index contributed by atoms with van der Waals surface area (Å²) in [4.78, 5) is 17.0. The molecule has 1 saturated carbocycles. The van der Waals surface area contributed by atoms with Gasteiger partial charge < -0.3 is 10.4 Å². The van der Waals surface area contributed by atoms with Crippen molar-refractivity contribution < 1.29 is 14.3 Å². The number of aromatic nitrogens is 5. The van der Waals surface area contributed by atoms with E-state index >= 15 is 0 Å². The molecule has 9 heteroatoms. The number of carbonyl (C=O) groups is 1. The summed E-state index contributed by atoms with van der Waals surface area (Å²) in [7, 11) is 1.62. The normalized spacial score (nSPS) is 18.0. The van der Waals surface area contributed by atoms with E-state index in [2.05, 4.69) is 20.5 Å². The molecule has 0 aliphatic heterocycles. The molecular weight excluding hydrogens is 387 g/mol. The zero-order chi connectivity index (χ0) is 21.0. The highest BCUT2D eigenvalue weighted by Gasteiger charge is 2.45. The first-order chi connectivity index (χ1) is 14.4. The zero-order valence-corrected chi connectivity index (χ0v) is 16.4. The molecule has 0 bridgehead atoms. The Bertz CT molecular complexity index is 1260. The van der Waals surface area contributed by atoms with Crippen molar-refractivity contribution in [3.63, 3.8) is 0 Å². The van der Waals surface area contributed by atoms with Gasteiger partial charge in [-0.15, -0.1) is 5.10 Å². The third-order valence-corrected chi connectivity index (χ3v) is 5.42. The van der Waals surface area contributed by atoms with Gasteiger partial charge in [0.15, 0.2) is 17.4 Å². The predicted octanol–water partition coefficient (Wildman–Crippen LogP) is 3.03. The van der Waals surface area contributed by atoms with Crippen LogP contribution in [-0.2, 0) is 11.8 Å². The second-order valence-corrected chi connectivity index (χ2v) is 7.63. The van der Waals surface area contributed by atoms with E-state index < -0.39 is 5.82 Å². The average molecular weight is 406 g/mol. The molecule has 4 aromatic heterocycles. The van der Waals surface area contributed by atoms with Crippen LogP contribution in [0.4, 0.5) is 10.2 Å². The molecule has 0 radical (unpaired) electrons. The molecular formula is C21H19FN6O2. The van der Waals surface area contributed by atoms with Gasteiger partial charge in [0.05, 0.1) is 17.9 Å². The Morgan fingerprint density at radius 1 is 1.30 bits per heavy atom. The molecule has 2 atom stereocenters. The first-order valence-electron chi connectivity index (χ1n) is 9.54. The SMILES string of the molecule is Cc1ccc(C2CC2C(=O)Nc2cc3cc(-c4c(O)cnn4C)c(F)cn3n2)nc1. The number of hydrogen-bond donors (Lipinski definition) is 2. The number of hydrogen-bond acceptors (Lipinski definition) is 5. The number of halogens is 1. The maximum absolute atomic E-state index is 14.6. The number of fused-ring (bicyclic) bond motifs is 1. The number of nitrogens with one attached hydrogen (secondary N) is 1. The third kappa shape index (κ3) is 3.08. The summed E-state index contributed by atoms with van der Waals surface area (Å²) in [5.41, 5.74) is 3.04. The lowest BCUT2D eigenvalue weighted by molar-refractivity contribution is -0.117. The fourth-order valence-electron chi connectivity index (χ4n) is 3.72. The van der Waals surface area contributed by atoms with E-state index in [1.165, 1.54) is 21.6 Å². The number of amides is 1. The summed E-state index contributed by atoms with van der Waals surface area (Å²) in [6, 6.07) is 7.17. The first-order valence-corrected chi connectivity index (χ1v) is 9.54. The van der Waals surface area contributed by atoms with Crippen LogP contribution < -0.4 is 5.32 Å². The summed E-state index contributed by atoms with van der Waals surface area (Å²) in [5, 5.41) is 21.0. The Kier molecular flexibility index (Phi) is 4.05. The number of anilines is 1. The number of rotatable bonds is 4. The van der Waals surface area contributed by atoms with Gasteiger partial charge in [-0.05, 0) is 31.0 Å². The van der Waals surface area contributed by atoms with Crippen LogP contribution in [0, 0.1) is 18.7 Å². The van der Waals surface area contributed by atoms with E-state index in [1.54, 1.807) is 25.4 Å². The number of pyridine rings is 2. The predicted molar refractivity (Wildman–Crippen MR) is 107 cm³/mol. The monoisotopic (exact) mass is 406 g/mol. The number of nitrogens with zero attached hydrogens (tertiary/aromatic N) is 5. The number of aryl methyl sites for hydroxylation is 2. The Morgan fingerprint density at radius 2 is 2.13 bits per heavy atom. The number of carbonyl (C=O) groups excluding carboxylic acids is 1. The van der Waals surface area contributed by atoms with Crippen molar-refractivity contribution in [3.05, 3.63) is 59.9 Å². The zero-order valence-electron chi connectivity index (χ0n) is 16.4. The molecule has 5 rings (SSSR count). The highest BCUT2D eigenvalue weighted by Crippen LogP contribution is 2.47. The summed E-state index contributed by atoms with van der Waals surface area (Å²) in [6.07, 6.45) is 5.02. The molecule has 2 unspecified atom stereocenters. The van der Waals surface area contributed by atoms with Crippen molar-refractivity contribution >= 4 is 17.2 Å². The molecule has 8 nitrogen and oxygen atoms in total. The van der Waals surface area contributed by atoms with E-state index in [1.807, 2.05) is 19.1 Å². The Hall–Kier alpha value is -3.75. The standard InChI is InChI=1S/C21H19FN6O2/c1-11-3-4-17(23-8-11)13-7-14(13)21(30)25-19-6-12-5-15(16(22)10-28(12)26-19)20-18(29)9-24-27(20)2/h3-6,8-10,13-14,29H,7H2,1-2H3,(H,25,26,30). The van der Waals surface area contributed by atoms with Gasteiger partial charge >= 0.3 is 0 Å². The lowest BCUT2D eigenvalue weighted by Gasteiger charge is -2.05. The van der Waals surface area contributed by atoms with Crippen molar-refractivity contribution in [2.45, 2.75) is 19.3 Å². The van der Waals surface area contributed by atoms with Crippen molar-refractivity contribution in [2.24, 2.45) is 13.0 Å². The Morgan fingerprint density at radius 3 is 2.83 bits per heavy atom. The summed E-state index contributed by atoms with van der Waals surface area (Å²) in [6.45, 7) is 1.97. The van der Waals surface area contributed by atoms with Gasteiger partial charge in [0, 0.05) is 42.4 Å². The first kappa shape index (κ1) is 18.3. The maximum Gasteiger partial charge on any atom is 0.229 e. The lowest BCUT2D eigenvalue weighted by atomic mass is 10.1. The highest BCUT2D eigenvalue weighted by molar-refractivity contribution is 5.95. The summed E-state index contributed by atoms with van der Waals surface area (Å²) in [5.74, 6) is -0.499. The van der Waals surface area contributed by atoms with Crippen LogP contribution in [0.3, 0.4) is 0 Å². The van der Waals surface area contributed by atoms with Crippen LogP contribution in [0.2, 0.25) is 0 Å². The summed E-state index contributed by atoms with van der Waals surface area (Å²) >= 11 is 0. The van der Waals surface area contributed by atoms with Crippen LogP contribution in [-0.4, -0.2) is 35.4 Å². The molecule has 1 aliphatic carbocycles. The Labute approximate surface area is 171 Å². The van der Waals surface area contributed by atoms with Gasteiger partial charge in [0.2, 0.25) is 5.91 Å². The van der Waals surface area contributed by atoms with E-state index in [9.17, 15) is 14.3 Å². The topological polar surface area (TPSA) is 97.3 Å². The highest BCUT2D eigenvalue weighted by atomic mass is 19.1. The molecule has 30 heavy (non-hydrogen) atoms. The van der Waals surface area contributed by atoms with Crippen LogP contribution >= 0.6 is 0 Å². The van der Waals surface area contributed by atoms with E-state index in [4.69, 9.17) is 0 Å². The van der Waals surface area contributed by atoms with Gasteiger partial charge in [-0.25, -0.2) is 8.91 Å². The second kappa shape index (κ2) is 6.65. The van der Waals surface area contributed by atoms with Crippen molar-refractivity contribution in [2.75, 3.05) is 5.32 Å². The van der Waals surface area contributed by atoms with Gasteiger partial charge in [-0.1, -0.05) is 6.07 Å². The number of aromatic hydroxyl groups is 1.